The van der Waals surface area contributed by atoms with E-state index in [1.54, 1.807) is 0 Å². The highest BCUT2D eigenvalue weighted by atomic mass is 15.2. The van der Waals surface area contributed by atoms with Gasteiger partial charge in [-0.05, 0) is 40.5 Å². The third kappa shape index (κ3) is 3.11. The van der Waals surface area contributed by atoms with Gasteiger partial charge in [0.15, 0.2) is 0 Å². The summed E-state index contributed by atoms with van der Waals surface area (Å²) in [4.78, 5) is 4.88. The van der Waals surface area contributed by atoms with Crippen molar-refractivity contribution in [2.24, 2.45) is 0 Å². The van der Waals surface area contributed by atoms with Gasteiger partial charge in [-0.25, -0.2) is 4.98 Å². The van der Waals surface area contributed by atoms with Crippen LogP contribution in [0.1, 0.15) is 17.2 Å². The van der Waals surface area contributed by atoms with Crippen LogP contribution in [0.3, 0.4) is 0 Å². The molecule has 5 aromatic rings. The van der Waals surface area contributed by atoms with E-state index in [0.29, 0.717) is 0 Å². The maximum atomic E-state index is 4.88. The van der Waals surface area contributed by atoms with Crippen molar-refractivity contribution in [2.45, 2.75) is 6.04 Å². The Morgan fingerprint density at radius 1 is 0.613 bits per heavy atom. The Kier molecular flexibility index (Phi) is 4.17. The number of allylic oxidation sites excluding steroid dienone is 1. The van der Waals surface area contributed by atoms with Crippen molar-refractivity contribution in [2.75, 3.05) is 5.32 Å². The second-order valence-corrected chi connectivity index (χ2v) is 7.80. The van der Waals surface area contributed by atoms with Gasteiger partial charge in [-0.2, -0.15) is 0 Å². The number of para-hydroxylation sites is 2. The molecule has 0 saturated heterocycles. The van der Waals surface area contributed by atoms with E-state index in [-0.39, 0.29) is 6.04 Å². The zero-order valence-electron chi connectivity index (χ0n) is 16.9. The molecule has 0 radical (unpaired) electrons. The molecule has 0 aliphatic carbocycles. The lowest BCUT2D eigenvalue weighted by molar-refractivity contribution is 0.720. The zero-order chi connectivity index (χ0) is 20.6. The lowest BCUT2D eigenvalue weighted by atomic mass is 9.99. The second-order valence-electron chi connectivity index (χ2n) is 7.80. The summed E-state index contributed by atoms with van der Waals surface area (Å²) in [7, 11) is 0. The van der Waals surface area contributed by atoms with Crippen LogP contribution in [0, 0.1) is 0 Å². The number of benzene rings is 4. The van der Waals surface area contributed by atoms with Gasteiger partial charge in [0.25, 0.3) is 0 Å². The minimum absolute atomic E-state index is 0.0775. The Morgan fingerprint density at radius 2 is 1.23 bits per heavy atom. The molecule has 3 nitrogen and oxygen atoms in total. The van der Waals surface area contributed by atoms with Crippen LogP contribution in [0.2, 0.25) is 0 Å². The Hall–Kier alpha value is -4.11. The Balaban J connectivity index is 1.45. The summed E-state index contributed by atoms with van der Waals surface area (Å²) in [5.74, 6) is 0.875. The van der Waals surface area contributed by atoms with Gasteiger partial charge >= 0.3 is 0 Å². The van der Waals surface area contributed by atoms with E-state index in [1.807, 2.05) is 12.1 Å². The molecule has 1 N–H and O–H groups in total. The molecule has 0 fully saturated rings. The fourth-order valence-corrected chi connectivity index (χ4v) is 4.35. The molecule has 2 heterocycles. The van der Waals surface area contributed by atoms with Crippen molar-refractivity contribution in [3.63, 3.8) is 0 Å². The van der Waals surface area contributed by atoms with Gasteiger partial charge in [0.1, 0.15) is 0 Å². The summed E-state index contributed by atoms with van der Waals surface area (Å²) in [5.41, 5.74) is 8.05. The smallest absolute Gasteiger partial charge is 0.209 e. The summed E-state index contributed by atoms with van der Waals surface area (Å²) < 4.78 is 2.28. The number of nitrogens with one attached hydrogen (secondary N) is 1. The van der Waals surface area contributed by atoms with Crippen LogP contribution in [0.25, 0.3) is 27.9 Å². The molecule has 0 spiro atoms. The highest BCUT2D eigenvalue weighted by Gasteiger charge is 2.25. The summed E-state index contributed by atoms with van der Waals surface area (Å²) in [6.45, 7) is 0. The van der Waals surface area contributed by atoms with Gasteiger partial charge in [-0.3, -0.25) is 4.57 Å². The maximum Gasteiger partial charge on any atom is 0.209 e. The van der Waals surface area contributed by atoms with Crippen LogP contribution in [-0.2, 0) is 0 Å². The second kappa shape index (κ2) is 7.29. The molecule has 6 rings (SSSR count). The van der Waals surface area contributed by atoms with E-state index in [9.17, 15) is 0 Å². The number of aromatic nitrogens is 2. The number of rotatable bonds is 3. The molecule has 31 heavy (non-hydrogen) atoms. The first kappa shape index (κ1) is 17.7. The molecule has 0 unspecified atom stereocenters. The van der Waals surface area contributed by atoms with Gasteiger partial charge < -0.3 is 5.32 Å². The van der Waals surface area contributed by atoms with Gasteiger partial charge in [0.05, 0.1) is 17.1 Å². The number of hydrogen-bond donors (Lipinski definition) is 1. The van der Waals surface area contributed by atoms with Crippen LogP contribution < -0.4 is 5.32 Å². The number of imidazole rings is 1. The molecule has 1 atom stereocenters. The van der Waals surface area contributed by atoms with E-state index in [4.69, 9.17) is 4.98 Å². The summed E-state index contributed by atoms with van der Waals surface area (Å²) in [6.07, 6.45) is 2.30. The van der Waals surface area contributed by atoms with Crippen LogP contribution in [-0.4, -0.2) is 9.55 Å². The van der Waals surface area contributed by atoms with Crippen LogP contribution in [0.5, 0.6) is 0 Å². The fraction of sp³-hybridized carbons (Fsp3) is 0.0357. The molecule has 0 bridgehead atoms. The third-order valence-corrected chi connectivity index (χ3v) is 5.89. The number of fused-ring (bicyclic) bond motifs is 3. The molecule has 3 heteroatoms. The molecule has 4 aromatic carbocycles. The number of anilines is 1. The van der Waals surface area contributed by atoms with Crippen molar-refractivity contribution in [3.05, 3.63) is 126 Å². The summed E-state index contributed by atoms with van der Waals surface area (Å²) >= 11 is 0. The monoisotopic (exact) mass is 399 g/mol. The van der Waals surface area contributed by atoms with Crippen molar-refractivity contribution in [1.29, 1.82) is 0 Å². The molecule has 0 amide bonds. The van der Waals surface area contributed by atoms with Crippen molar-refractivity contribution >= 4 is 22.7 Å². The average molecular weight is 399 g/mol. The Morgan fingerprint density at radius 3 is 2.00 bits per heavy atom. The quantitative estimate of drug-likeness (QED) is 0.363. The molecule has 1 aliphatic rings. The SMILES string of the molecule is C1=C(c2ccc(-c3ccccc3)cc2)Nc2nc3ccccc3n2[C@H]1c1ccccc1. The normalized spacial score (nSPS) is 15.2. The van der Waals surface area contributed by atoms with E-state index in [0.717, 1.165) is 28.2 Å². The predicted octanol–water partition coefficient (Wildman–Crippen LogP) is 6.76. The highest BCUT2D eigenvalue weighted by molar-refractivity contribution is 5.86. The topological polar surface area (TPSA) is 29.9 Å². The Labute approximate surface area is 181 Å². The summed E-state index contributed by atoms with van der Waals surface area (Å²) in [5, 5.41) is 3.57. The van der Waals surface area contributed by atoms with Gasteiger partial charge in [-0.1, -0.05) is 97.1 Å². The molecule has 0 saturated carbocycles. The molecule has 148 valence electrons. The van der Waals surface area contributed by atoms with E-state index in [2.05, 4.69) is 113 Å². The zero-order valence-corrected chi connectivity index (χ0v) is 16.9. The van der Waals surface area contributed by atoms with Crippen molar-refractivity contribution in [1.82, 2.24) is 9.55 Å². The molecular formula is C28H21N3. The first-order valence-corrected chi connectivity index (χ1v) is 10.5. The van der Waals surface area contributed by atoms with Gasteiger partial charge in [-0.15, -0.1) is 0 Å². The van der Waals surface area contributed by atoms with E-state index >= 15 is 0 Å². The third-order valence-electron chi connectivity index (χ3n) is 5.89. The molecule has 1 aliphatic heterocycles. The largest absolute Gasteiger partial charge is 0.325 e. The average Bonchev–Trinajstić information content (AvgIpc) is 3.23. The maximum absolute atomic E-state index is 4.88. The standard InChI is InChI=1S/C28H21N3/c1-3-9-20(10-4-1)21-15-17-22(18-16-21)25-19-27(23-11-5-2-6-12-23)31-26-14-8-7-13-24(26)29-28(31)30-25/h1-19,27H,(H,29,30)/t27-/m1/s1. The van der Waals surface area contributed by atoms with Crippen LogP contribution in [0.4, 0.5) is 5.95 Å². The minimum Gasteiger partial charge on any atom is -0.325 e. The van der Waals surface area contributed by atoms with Crippen LogP contribution >= 0.6 is 0 Å². The van der Waals surface area contributed by atoms with Crippen LogP contribution in [0.15, 0.2) is 115 Å². The summed E-state index contributed by atoms with van der Waals surface area (Å²) in [6, 6.07) is 38.2. The van der Waals surface area contributed by atoms with Gasteiger partial charge in [0, 0.05) is 5.70 Å². The van der Waals surface area contributed by atoms with E-state index < -0.39 is 0 Å². The lowest BCUT2D eigenvalue weighted by Gasteiger charge is -2.26. The van der Waals surface area contributed by atoms with Crippen molar-refractivity contribution in [3.8, 4) is 11.1 Å². The fourth-order valence-electron chi connectivity index (χ4n) is 4.35. The van der Waals surface area contributed by atoms with Crippen molar-refractivity contribution < 1.29 is 0 Å². The van der Waals surface area contributed by atoms with Gasteiger partial charge in [0.2, 0.25) is 5.95 Å². The molecular weight excluding hydrogens is 378 g/mol. The number of hydrogen-bond acceptors (Lipinski definition) is 2. The first-order valence-electron chi connectivity index (χ1n) is 10.5. The predicted molar refractivity (Wildman–Crippen MR) is 128 cm³/mol. The highest BCUT2D eigenvalue weighted by Crippen LogP contribution is 2.37. The van der Waals surface area contributed by atoms with E-state index in [1.165, 1.54) is 16.7 Å². The number of nitrogens with zero attached hydrogens (tertiary/aromatic N) is 2. The molecule has 1 aromatic heterocycles. The first-order chi connectivity index (χ1) is 15.4. The Bertz CT molecular complexity index is 1380. The lowest BCUT2D eigenvalue weighted by Crippen LogP contribution is -2.19. The minimum atomic E-state index is 0.0775.